The molecule has 0 aliphatic rings. The van der Waals surface area contributed by atoms with Crippen LogP contribution in [0.15, 0.2) is 24.3 Å². The molecule has 0 bridgehead atoms. The summed E-state index contributed by atoms with van der Waals surface area (Å²) in [6, 6.07) is 6.55. The molecule has 0 saturated carbocycles. The standard InChI is InChI=1S/C9H11ClN2O2/c1-12(2)9(13)11-14-8-6-4-3-5-7(8)10/h3-6H,1-2H3,(H,11,13). The Bertz CT molecular complexity index is 328. The average Bonchev–Trinajstić information content (AvgIpc) is 2.16. The zero-order valence-electron chi connectivity index (χ0n) is 7.95. The molecule has 2 amide bonds. The highest BCUT2D eigenvalue weighted by Gasteiger charge is 2.05. The zero-order chi connectivity index (χ0) is 10.6. The maximum absolute atomic E-state index is 11.1. The molecule has 4 nitrogen and oxygen atoms in total. The molecule has 0 fully saturated rings. The quantitative estimate of drug-likeness (QED) is 0.765. The van der Waals surface area contributed by atoms with Gasteiger partial charge in [-0.2, -0.15) is 5.48 Å². The van der Waals surface area contributed by atoms with Crippen LogP contribution in [0.2, 0.25) is 5.02 Å². The Morgan fingerprint density at radius 1 is 1.43 bits per heavy atom. The van der Waals surface area contributed by atoms with Gasteiger partial charge in [0.05, 0.1) is 5.02 Å². The second kappa shape index (κ2) is 4.72. The summed E-state index contributed by atoms with van der Waals surface area (Å²) in [5.41, 5.74) is 2.24. The van der Waals surface area contributed by atoms with E-state index in [1.165, 1.54) is 4.90 Å². The van der Waals surface area contributed by atoms with Gasteiger partial charge in [0.1, 0.15) is 0 Å². The summed E-state index contributed by atoms with van der Waals surface area (Å²) in [5, 5.41) is 0.451. The van der Waals surface area contributed by atoms with Crippen molar-refractivity contribution >= 4 is 17.6 Å². The summed E-state index contributed by atoms with van der Waals surface area (Å²) < 4.78 is 0. The summed E-state index contributed by atoms with van der Waals surface area (Å²) >= 11 is 5.80. The molecule has 1 N–H and O–H groups in total. The van der Waals surface area contributed by atoms with Gasteiger partial charge >= 0.3 is 6.03 Å². The van der Waals surface area contributed by atoms with Gasteiger partial charge in [-0.05, 0) is 12.1 Å². The SMILES string of the molecule is CN(C)C(=O)NOc1ccccc1Cl. The summed E-state index contributed by atoms with van der Waals surface area (Å²) in [4.78, 5) is 17.4. The summed E-state index contributed by atoms with van der Waals surface area (Å²) in [6.07, 6.45) is 0. The lowest BCUT2D eigenvalue weighted by atomic mass is 10.3. The molecule has 0 unspecified atom stereocenters. The molecule has 14 heavy (non-hydrogen) atoms. The average molecular weight is 215 g/mol. The Hall–Kier alpha value is -1.42. The van der Waals surface area contributed by atoms with Crippen LogP contribution in [0.5, 0.6) is 5.75 Å². The third-order valence-electron chi connectivity index (χ3n) is 1.49. The predicted molar refractivity (Wildman–Crippen MR) is 54.3 cm³/mol. The fourth-order valence-electron chi connectivity index (χ4n) is 0.717. The molecular formula is C9H11ClN2O2. The molecule has 0 radical (unpaired) electrons. The van der Waals surface area contributed by atoms with Gasteiger partial charge < -0.3 is 9.74 Å². The van der Waals surface area contributed by atoms with Gasteiger partial charge in [-0.3, -0.25) is 0 Å². The molecular weight excluding hydrogens is 204 g/mol. The second-order valence-electron chi connectivity index (χ2n) is 2.83. The van der Waals surface area contributed by atoms with Gasteiger partial charge in [-0.15, -0.1) is 0 Å². The van der Waals surface area contributed by atoms with E-state index in [1.807, 2.05) is 0 Å². The van der Waals surface area contributed by atoms with Crippen molar-refractivity contribution in [1.82, 2.24) is 10.4 Å². The number of amides is 2. The second-order valence-corrected chi connectivity index (χ2v) is 3.24. The van der Waals surface area contributed by atoms with Crippen molar-refractivity contribution in [3.05, 3.63) is 29.3 Å². The van der Waals surface area contributed by atoms with E-state index in [9.17, 15) is 4.79 Å². The van der Waals surface area contributed by atoms with E-state index in [4.69, 9.17) is 16.4 Å². The van der Waals surface area contributed by atoms with Crippen molar-refractivity contribution in [3.63, 3.8) is 0 Å². The van der Waals surface area contributed by atoms with Crippen molar-refractivity contribution in [2.75, 3.05) is 14.1 Å². The number of urea groups is 1. The van der Waals surface area contributed by atoms with E-state index >= 15 is 0 Å². The largest absolute Gasteiger partial charge is 0.376 e. The number of hydroxylamine groups is 1. The van der Waals surface area contributed by atoms with Crippen molar-refractivity contribution in [3.8, 4) is 5.75 Å². The van der Waals surface area contributed by atoms with Gasteiger partial charge in [0.2, 0.25) is 0 Å². The molecule has 5 heteroatoms. The van der Waals surface area contributed by atoms with Crippen molar-refractivity contribution in [1.29, 1.82) is 0 Å². The van der Waals surface area contributed by atoms with Gasteiger partial charge in [-0.25, -0.2) is 4.79 Å². The van der Waals surface area contributed by atoms with E-state index < -0.39 is 0 Å². The van der Waals surface area contributed by atoms with Gasteiger partial charge in [-0.1, -0.05) is 23.7 Å². The number of nitrogens with one attached hydrogen (secondary N) is 1. The number of para-hydroxylation sites is 1. The first-order chi connectivity index (χ1) is 6.61. The van der Waals surface area contributed by atoms with Gasteiger partial charge in [0.25, 0.3) is 0 Å². The molecule has 76 valence electrons. The number of hydrogen-bond donors (Lipinski definition) is 1. The monoisotopic (exact) mass is 214 g/mol. The number of benzene rings is 1. The highest BCUT2D eigenvalue weighted by molar-refractivity contribution is 6.32. The van der Waals surface area contributed by atoms with Crippen LogP contribution in [0.25, 0.3) is 0 Å². The number of hydrogen-bond acceptors (Lipinski definition) is 2. The summed E-state index contributed by atoms with van der Waals surface area (Å²) in [5.74, 6) is 0.421. The van der Waals surface area contributed by atoms with Crippen molar-refractivity contribution in [2.45, 2.75) is 0 Å². The molecule has 1 rings (SSSR count). The summed E-state index contributed by atoms with van der Waals surface area (Å²) in [6.45, 7) is 0. The van der Waals surface area contributed by atoms with Crippen LogP contribution in [0.1, 0.15) is 0 Å². The number of nitrogens with zero attached hydrogens (tertiary/aromatic N) is 1. The summed E-state index contributed by atoms with van der Waals surface area (Å²) in [7, 11) is 3.23. The first kappa shape index (κ1) is 10.7. The predicted octanol–water partition coefficient (Wildman–Crippen LogP) is 1.91. The maximum atomic E-state index is 11.1. The van der Waals surface area contributed by atoms with Crippen LogP contribution < -0.4 is 10.3 Å². The molecule has 0 spiro atoms. The van der Waals surface area contributed by atoms with Crippen LogP contribution in [-0.4, -0.2) is 25.0 Å². The molecule has 0 saturated heterocycles. The fraction of sp³-hybridized carbons (Fsp3) is 0.222. The fourth-order valence-corrected chi connectivity index (χ4v) is 0.892. The molecule has 0 aliphatic carbocycles. The number of rotatable bonds is 2. The third kappa shape index (κ3) is 2.81. The molecule has 0 heterocycles. The minimum Gasteiger partial charge on any atom is -0.376 e. The lowest BCUT2D eigenvalue weighted by Crippen LogP contribution is -2.36. The molecule has 1 aromatic carbocycles. The highest BCUT2D eigenvalue weighted by atomic mass is 35.5. The van der Waals surface area contributed by atoms with Crippen LogP contribution in [0.4, 0.5) is 4.79 Å². The Morgan fingerprint density at radius 3 is 2.64 bits per heavy atom. The van der Waals surface area contributed by atoms with E-state index in [0.717, 1.165) is 0 Å². The van der Waals surface area contributed by atoms with Gasteiger partial charge in [0, 0.05) is 14.1 Å². The Morgan fingerprint density at radius 2 is 2.07 bits per heavy atom. The zero-order valence-corrected chi connectivity index (χ0v) is 8.71. The van der Waals surface area contributed by atoms with Crippen molar-refractivity contribution in [2.24, 2.45) is 0 Å². The van der Waals surface area contributed by atoms with E-state index in [1.54, 1.807) is 38.4 Å². The van der Waals surface area contributed by atoms with E-state index in [-0.39, 0.29) is 6.03 Å². The molecule has 0 aromatic heterocycles. The molecule has 1 aromatic rings. The van der Waals surface area contributed by atoms with E-state index in [2.05, 4.69) is 5.48 Å². The van der Waals surface area contributed by atoms with Crippen LogP contribution in [-0.2, 0) is 0 Å². The maximum Gasteiger partial charge on any atom is 0.349 e. The van der Waals surface area contributed by atoms with E-state index in [0.29, 0.717) is 10.8 Å². The van der Waals surface area contributed by atoms with Crippen molar-refractivity contribution < 1.29 is 9.63 Å². The Balaban J connectivity index is 2.54. The normalized spacial score (nSPS) is 9.36. The topological polar surface area (TPSA) is 41.6 Å². The smallest absolute Gasteiger partial charge is 0.349 e. The molecule has 0 atom stereocenters. The highest BCUT2D eigenvalue weighted by Crippen LogP contribution is 2.22. The minimum atomic E-state index is -0.343. The van der Waals surface area contributed by atoms with Crippen LogP contribution in [0.3, 0.4) is 0 Å². The third-order valence-corrected chi connectivity index (χ3v) is 1.80. The van der Waals surface area contributed by atoms with Gasteiger partial charge in [0.15, 0.2) is 5.75 Å². The minimum absolute atomic E-state index is 0.343. The number of carbonyl (C=O) groups excluding carboxylic acids is 1. The van der Waals surface area contributed by atoms with Crippen LogP contribution >= 0.6 is 11.6 Å². The Kier molecular flexibility index (Phi) is 3.59. The first-order valence-corrected chi connectivity index (χ1v) is 4.37. The first-order valence-electron chi connectivity index (χ1n) is 4.00. The van der Waals surface area contributed by atoms with Crippen LogP contribution in [0, 0.1) is 0 Å². The number of halogens is 1. The lowest BCUT2D eigenvalue weighted by molar-refractivity contribution is 0.157. The lowest BCUT2D eigenvalue weighted by Gasteiger charge is -2.12. The molecule has 0 aliphatic heterocycles. The Labute approximate surface area is 87.4 Å². The number of carbonyl (C=O) groups is 1.